The Balaban J connectivity index is 1.74. The van der Waals surface area contributed by atoms with Crippen molar-refractivity contribution in [2.24, 2.45) is 0 Å². The summed E-state index contributed by atoms with van der Waals surface area (Å²) in [6, 6.07) is 9.55. The fraction of sp³-hybridized carbons (Fsp3) is 0.158. The van der Waals surface area contributed by atoms with Crippen LogP contribution in [0.1, 0.15) is 16.1 Å². The molecule has 0 radical (unpaired) electrons. The predicted octanol–water partition coefficient (Wildman–Crippen LogP) is 2.89. The zero-order valence-electron chi connectivity index (χ0n) is 14.7. The molecule has 3 rings (SSSR count). The van der Waals surface area contributed by atoms with Crippen LogP contribution in [0.3, 0.4) is 0 Å². The van der Waals surface area contributed by atoms with Gasteiger partial charge in [-0.25, -0.2) is 15.0 Å². The lowest BCUT2D eigenvalue weighted by Crippen LogP contribution is -2.25. The van der Waals surface area contributed by atoms with Gasteiger partial charge in [0.05, 0.1) is 12.2 Å². The van der Waals surface area contributed by atoms with Crippen LogP contribution in [0, 0.1) is 0 Å². The number of pyridine rings is 1. The number of alkyl halides is 3. The highest BCUT2D eigenvalue weighted by molar-refractivity contribution is 5.97. The third kappa shape index (κ3) is 4.92. The fourth-order valence-electron chi connectivity index (χ4n) is 2.29. The Morgan fingerprint density at radius 1 is 1.07 bits per heavy atom. The van der Waals surface area contributed by atoms with E-state index in [0.717, 1.165) is 12.1 Å². The number of nitrogens with zero attached hydrogens (tertiary/aromatic N) is 3. The van der Waals surface area contributed by atoms with Crippen molar-refractivity contribution in [3.05, 3.63) is 66.1 Å². The highest BCUT2D eigenvalue weighted by atomic mass is 19.4. The molecule has 1 atom stereocenters. The molecule has 0 bridgehead atoms. The number of aromatic nitrogens is 3. The molecule has 0 saturated heterocycles. The first-order valence-electron chi connectivity index (χ1n) is 8.25. The minimum atomic E-state index is -4.48. The van der Waals surface area contributed by atoms with E-state index in [-0.39, 0.29) is 17.4 Å². The average Bonchev–Trinajstić information content (AvgIpc) is 2.73. The maximum Gasteiger partial charge on any atom is 0.417 e. The van der Waals surface area contributed by atoms with E-state index in [9.17, 15) is 23.1 Å². The number of rotatable bonds is 6. The lowest BCUT2D eigenvalue weighted by Gasteiger charge is -2.09. The monoisotopic (exact) mass is 405 g/mol. The van der Waals surface area contributed by atoms with Gasteiger partial charge in [-0.05, 0) is 36.4 Å². The number of carbonyl (C=O) groups is 1. The highest BCUT2D eigenvalue weighted by Crippen LogP contribution is 2.30. The Morgan fingerprint density at radius 2 is 1.79 bits per heavy atom. The van der Waals surface area contributed by atoms with Gasteiger partial charge in [0.2, 0.25) is 11.7 Å². The second-order valence-corrected chi connectivity index (χ2v) is 5.84. The molecule has 0 amide bonds. The van der Waals surface area contributed by atoms with Crippen molar-refractivity contribution < 1.29 is 32.9 Å². The summed E-state index contributed by atoms with van der Waals surface area (Å²) in [5.41, 5.74) is -0.394. The van der Waals surface area contributed by atoms with Crippen LogP contribution in [-0.2, 0) is 6.18 Å². The molecule has 7 nitrogen and oxygen atoms in total. The Labute approximate surface area is 162 Å². The summed E-state index contributed by atoms with van der Waals surface area (Å²) in [4.78, 5) is 23.7. The molecular formula is C19H14F3N3O4. The third-order valence-electron chi connectivity index (χ3n) is 3.78. The van der Waals surface area contributed by atoms with Crippen LogP contribution in [-0.4, -0.2) is 43.7 Å². The number of halogens is 3. The van der Waals surface area contributed by atoms with Crippen LogP contribution in [0.15, 0.2) is 54.9 Å². The highest BCUT2D eigenvalue weighted by Gasteiger charge is 2.30. The van der Waals surface area contributed by atoms with E-state index < -0.39 is 30.2 Å². The number of hydrogen-bond acceptors (Lipinski definition) is 7. The quantitative estimate of drug-likeness (QED) is 0.608. The smallest absolute Gasteiger partial charge is 0.417 e. The van der Waals surface area contributed by atoms with Crippen LogP contribution in [0.4, 0.5) is 13.2 Å². The van der Waals surface area contributed by atoms with Crippen LogP contribution >= 0.6 is 0 Å². The van der Waals surface area contributed by atoms with E-state index in [1.54, 1.807) is 12.1 Å². The van der Waals surface area contributed by atoms with Gasteiger partial charge in [0.25, 0.3) is 0 Å². The topological polar surface area (TPSA) is 105 Å². The van der Waals surface area contributed by atoms with Crippen molar-refractivity contribution in [3.63, 3.8) is 0 Å². The van der Waals surface area contributed by atoms with Crippen molar-refractivity contribution in [1.82, 2.24) is 15.0 Å². The standard InChI is InChI=1S/C19H14F3N3O4/c20-19(21,22)12-3-6-16(24-9-12)29-13-4-1-11(2-5-13)18-23-8-7-14(25-18)17(28)15(27)10-26/h1-9,15,26-27H,10H2/t15-/m0/s1. The van der Waals surface area contributed by atoms with Gasteiger partial charge in [0.15, 0.2) is 5.82 Å². The zero-order chi connectivity index (χ0) is 21.0. The SMILES string of the molecule is O=C(c1ccnc(-c2ccc(Oc3ccc(C(F)(F)F)cn3)cc2)n1)[C@@H](O)CO. The number of ether oxygens (including phenoxy) is 1. The first-order chi connectivity index (χ1) is 13.8. The molecule has 0 aliphatic rings. The van der Waals surface area contributed by atoms with Gasteiger partial charge in [-0.2, -0.15) is 13.2 Å². The maximum absolute atomic E-state index is 12.6. The lowest BCUT2D eigenvalue weighted by molar-refractivity contribution is -0.137. The van der Waals surface area contributed by atoms with E-state index in [1.165, 1.54) is 24.4 Å². The molecule has 3 aromatic rings. The van der Waals surface area contributed by atoms with Gasteiger partial charge < -0.3 is 14.9 Å². The molecule has 0 fully saturated rings. The van der Waals surface area contributed by atoms with E-state index in [2.05, 4.69) is 15.0 Å². The molecule has 2 N–H and O–H groups in total. The van der Waals surface area contributed by atoms with Crippen LogP contribution in [0.5, 0.6) is 11.6 Å². The summed E-state index contributed by atoms with van der Waals surface area (Å²) in [6.45, 7) is -0.720. The predicted molar refractivity (Wildman–Crippen MR) is 94.2 cm³/mol. The Hall–Kier alpha value is -3.37. The molecule has 0 saturated carbocycles. The summed E-state index contributed by atoms with van der Waals surface area (Å²) in [5, 5.41) is 18.3. The maximum atomic E-state index is 12.6. The van der Waals surface area contributed by atoms with Gasteiger partial charge >= 0.3 is 6.18 Å². The number of aliphatic hydroxyl groups excluding tert-OH is 2. The number of benzene rings is 1. The molecule has 29 heavy (non-hydrogen) atoms. The molecule has 0 aliphatic heterocycles. The molecule has 2 aromatic heterocycles. The lowest BCUT2D eigenvalue weighted by atomic mass is 10.1. The Morgan fingerprint density at radius 3 is 2.38 bits per heavy atom. The normalized spacial score (nSPS) is 12.4. The molecule has 2 heterocycles. The van der Waals surface area contributed by atoms with Crippen molar-refractivity contribution in [1.29, 1.82) is 0 Å². The number of aliphatic hydroxyl groups is 2. The minimum Gasteiger partial charge on any atom is -0.439 e. The Kier molecular flexibility index (Phi) is 5.85. The first-order valence-corrected chi connectivity index (χ1v) is 8.25. The first kappa shape index (κ1) is 20.4. The summed E-state index contributed by atoms with van der Waals surface area (Å²) in [6.07, 6.45) is -4.02. The van der Waals surface area contributed by atoms with E-state index in [1.807, 2.05) is 0 Å². The number of ketones is 1. The summed E-state index contributed by atoms with van der Waals surface area (Å²) in [5.74, 6) is -0.207. The number of Topliss-reactive ketones (excluding diaryl/α,β-unsaturated/α-hetero) is 1. The van der Waals surface area contributed by atoms with Crippen molar-refractivity contribution in [2.75, 3.05) is 6.61 Å². The van der Waals surface area contributed by atoms with E-state index >= 15 is 0 Å². The van der Waals surface area contributed by atoms with Gasteiger partial charge in [-0.3, -0.25) is 4.79 Å². The van der Waals surface area contributed by atoms with Gasteiger partial charge in [0, 0.05) is 24.0 Å². The van der Waals surface area contributed by atoms with Crippen LogP contribution in [0.25, 0.3) is 11.4 Å². The second-order valence-electron chi connectivity index (χ2n) is 5.84. The molecule has 0 unspecified atom stereocenters. The van der Waals surface area contributed by atoms with E-state index in [4.69, 9.17) is 9.84 Å². The average molecular weight is 405 g/mol. The van der Waals surface area contributed by atoms with Gasteiger partial charge in [-0.1, -0.05) is 0 Å². The van der Waals surface area contributed by atoms with Crippen molar-refractivity contribution >= 4 is 5.78 Å². The van der Waals surface area contributed by atoms with Crippen LogP contribution < -0.4 is 4.74 Å². The zero-order valence-corrected chi connectivity index (χ0v) is 14.7. The minimum absolute atomic E-state index is 0.00687. The van der Waals surface area contributed by atoms with E-state index in [0.29, 0.717) is 17.5 Å². The largest absolute Gasteiger partial charge is 0.439 e. The molecule has 10 heteroatoms. The van der Waals surface area contributed by atoms with Crippen molar-refractivity contribution in [3.8, 4) is 23.0 Å². The molecule has 0 spiro atoms. The molecule has 150 valence electrons. The van der Waals surface area contributed by atoms with Gasteiger partial charge in [0.1, 0.15) is 17.5 Å². The van der Waals surface area contributed by atoms with Gasteiger partial charge in [-0.15, -0.1) is 0 Å². The number of carbonyl (C=O) groups excluding carboxylic acids is 1. The number of hydrogen-bond donors (Lipinski definition) is 2. The second kappa shape index (κ2) is 8.33. The third-order valence-corrected chi connectivity index (χ3v) is 3.78. The Bertz CT molecular complexity index is 993. The molecule has 1 aromatic carbocycles. The molecular weight excluding hydrogens is 391 g/mol. The van der Waals surface area contributed by atoms with Crippen LogP contribution in [0.2, 0.25) is 0 Å². The summed E-state index contributed by atoms with van der Waals surface area (Å²) < 4.78 is 43.1. The fourth-order valence-corrected chi connectivity index (χ4v) is 2.29. The molecule has 0 aliphatic carbocycles. The summed E-state index contributed by atoms with van der Waals surface area (Å²) in [7, 11) is 0. The summed E-state index contributed by atoms with van der Waals surface area (Å²) >= 11 is 0. The van der Waals surface area contributed by atoms with Crippen molar-refractivity contribution in [2.45, 2.75) is 12.3 Å².